The predicted octanol–water partition coefficient (Wildman–Crippen LogP) is 1.61. The van der Waals surface area contributed by atoms with Crippen LogP contribution in [0.25, 0.3) is 0 Å². The first-order chi connectivity index (χ1) is 12.2. The Kier molecular flexibility index (Phi) is 4.98. The lowest BCUT2D eigenvalue weighted by atomic mass is 10.2. The van der Waals surface area contributed by atoms with Gasteiger partial charge in [0.05, 0.1) is 7.11 Å². The highest BCUT2D eigenvalue weighted by molar-refractivity contribution is 5.87. The second-order valence-corrected chi connectivity index (χ2v) is 5.23. The van der Waals surface area contributed by atoms with Crippen molar-refractivity contribution in [3.05, 3.63) is 48.2 Å². The van der Waals surface area contributed by atoms with Gasteiger partial charge in [-0.15, -0.1) is 0 Å². The van der Waals surface area contributed by atoms with Gasteiger partial charge in [0, 0.05) is 18.3 Å². The van der Waals surface area contributed by atoms with Crippen LogP contribution in [0, 0.1) is 0 Å². The molecule has 0 radical (unpaired) electrons. The number of methoxy groups -OCH3 is 1. The summed E-state index contributed by atoms with van der Waals surface area (Å²) in [6.07, 6.45) is 1.00. The molecule has 0 bridgehead atoms. The molecule has 8 nitrogen and oxygen atoms in total. The Morgan fingerprint density at radius 3 is 2.84 bits per heavy atom. The average Bonchev–Trinajstić information content (AvgIpc) is 3.08. The van der Waals surface area contributed by atoms with Crippen molar-refractivity contribution in [1.29, 1.82) is 0 Å². The second kappa shape index (κ2) is 7.52. The Bertz CT molecular complexity index is 780. The van der Waals surface area contributed by atoms with Crippen LogP contribution < -0.4 is 20.1 Å². The Hall–Kier alpha value is -3.29. The van der Waals surface area contributed by atoms with Gasteiger partial charge in [-0.1, -0.05) is 18.2 Å². The number of benzene rings is 1. The maximum Gasteiger partial charge on any atom is 0.407 e. The minimum absolute atomic E-state index is 0.0161. The Balaban J connectivity index is 1.68. The number of rotatable bonds is 6. The van der Waals surface area contributed by atoms with Gasteiger partial charge in [0.25, 0.3) is 0 Å². The quantitative estimate of drug-likeness (QED) is 0.827. The van der Waals surface area contributed by atoms with Crippen LogP contribution in [-0.2, 0) is 16.1 Å². The van der Waals surface area contributed by atoms with E-state index in [0.717, 1.165) is 0 Å². The summed E-state index contributed by atoms with van der Waals surface area (Å²) < 4.78 is 15.8. The van der Waals surface area contributed by atoms with Crippen LogP contribution in [0.5, 0.6) is 17.4 Å². The zero-order chi connectivity index (χ0) is 17.6. The Labute approximate surface area is 144 Å². The van der Waals surface area contributed by atoms with Crippen LogP contribution >= 0.6 is 0 Å². The lowest BCUT2D eigenvalue weighted by Crippen LogP contribution is -2.42. The number of pyridine rings is 1. The van der Waals surface area contributed by atoms with E-state index in [1.807, 2.05) is 12.1 Å². The molecule has 2 aromatic rings. The number of nitrogens with zero attached hydrogens (tertiary/aromatic N) is 1. The van der Waals surface area contributed by atoms with Crippen LogP contribution in [0.15, 0.2) is 42.6 Å². The van der Waals surface area contributed by atoms with Gasteiger partial charge in [0.15, 0.2) is 11.5 Å². The van der Waals surface area contributed by atoms with Gasteiger partial charge in [0.1, 0.15) is 12.6 Å². The fourth-order valence-electron chi connectivity index (χ4n) is 2.29. The molecule has 1 atom stereocenters. The molecule has 0 saturated carbocycles. The molecule has 1 fully saturated rings. The molecule has 1 aromatic carbocycles. The average molecular weight is 343 g/mol. The summed E-state index contributed by atoms with van der Waals surface area (Å²) in [5.41, 5.74) is 0.687. The lowest BCUT2D eigenvalue weighted by molar-refractivity contribution is -0.123. The number of para-hydroxylation sites is 2. The van der Waals surface area contributed by atoms with Crippen LogP contribution in [0.4, 0.5) is 4.79 Å². The molecular formula is C17H17N3O5. The van der Waals surface area contributed by atoms with E-state index in [0.29, 0.717) is 22.9 Å². The van der Waals surface area contributed by atoms with E-state index in [-0.39, 0.29) is 19.1 Å². The van der Waals surface area contributed by atoms with Crippen molar-refractivity contribution >= 4 is 12.0 Å². The molecule has 1 saturated heterocycles. The largest absolute Gasteiger partial charge is 0.493 e. The Morgan fingerprint density at radius 2 is 2.12 bits per heavy atom. The summed E-state index contributed by atoms with van der Waals surface area (Å²) in [5, 5.41) is 5.15. The van der Waals surface area contributed by atoms with Crippen molar-refractivity contribution in [3.8, 4) is 17.4 Å². The Morgan fingerprint density at radius 1 is 1.32 bits per heavy atom. The van der Waals surface area contributed by atoms with Crippen LogP contribution in [0.3, 0.4) is 0 Å². The second-order valence-electron chi connectivity index (χ2n) is 5.23. The zero-order valence-electron chi connectivity index (χ0n) is 13.5. The third-order valence-electron chi connectivity index (χ3n) is 3.57. The van der Waals surface area contributed by atoms with E-state index in [4.69, 9.17) is 14.2 Å². The number of amides is 2. The molecule has 1 aromatic heterocycles. The molecule has 0 unspecified atom stereocenters. The molecule has 8 heteroatoms. The van der Waals surface area contributed by atoms with Crippen molar-refractivity contribution in [3.63, 3.8) is 0 Å². The van der Waals surface area contributed by atoms with Gasteiger partial charge in [-0.3, -0.25) is 4.79 Å². The number of ether oxygens (including phenoxy) is 3. The van der Waals surface area contributed by atoms with E-state index in [9.17, 15) is 9.59 Å². The lowest BCUT2D eigenvalue weighted by Gasteiger charge is -2.13. The smallest absolute Gasteiger partial charge is 0.407 e. The van der Waals surface area contributed by atoms with Gasteiger partial charge in [-0.05, 0) is 18.2 Å². The van der Waals surface area contributed by atoms with Crippen molar-refractivity contribution < 1.29 is 23.8 Å². The highest BCUT2D eigenvalue weighted by Crippen LogP contribution is 2.31. The first kappa shape index (κ1) is 16.6. The monoisotopic (exact) mass is 343 g/mol. The number of carbonyl (C=O) groups is 2. The molecule has 0 spiro atoms. The first-order valence-corrected chi connectivity index (χ1v) is 7.63. The van der Waals surface area contributed by atoms with E-state index in [1.54, 1.807) is 37.6 Å². The zero-order valence-corrected chi connectivity index (χ0v) is 13.5. The van der Waals surface area contributed by atoms with Crippen molar-refractivity contribution in [2.45, 2.75) is 12.6 Å². The van der Waals surface area contributed by atoms with Crippen LogP contribution in [-0.4, -0.2) is 36.7 Å². The topological polar surface area (TPSA) is 98.8 Å². The third-order valence-corrected chi connectivity index (χ3v) is 3.57. The first-order valence-electron chi connectivity index (χ1n) is 7.63. The predicted molar refractivity (Wildman–Crippen MR) is 87.4 cm³/mol. The maximum atomic E-state index is 12.0. The van der Waals surface area contributed by atoms with Gasteiger partial charge < -0.3 is 24.8 Å². The third kappa shape index (κ3) is 3.97. The molecule has 2 heterocycles. The molecule has 2 amide bonds. The highest BCUT2D eigenvalue weighted by atomic mass is 16.6. The van der Waals surface area contributed by atoms with Crippen LogP contribution in [0.2, 0.25) is 0 Å². The summed E-state index contributed by atoms with van der Waals surface area (Å²) in [6.45, 7) is 0.214. The molecule has 130 valence electrons. The van der Waals surface area contributed by atoms with Gasteiger partial charge >= 0.3 is 6.09 Å². The molecule has 3 rings (SSSR count). The van der Waals surface area contributed by atoms with Gasteiger partial charge in [0.2, 0.25) is 11.8 Å². The summed E-state index contributed by atoms with van der Waals surface area (Å²) >= 11 is 0. The number of alkyl carbamates (subject to hydrolysis) is 1. The fraction of sp³-hybridized carbons (Fsp3) is 0.235. The number of hydrogen-bond acceptors (Lipinski definition) is 6. The number of nitrogens with one attached hydrogen (secondary N) is 2. The van der Waals surface area contributed by atoms with Gasteiger partial charge in [-0.2, -0.15) is 0 Å². The van der Waals surface area contributed by atoms with Crippen molar-refractivity contribution in [1.82, 2.24) is 15.6 Å². The summed E-state index contributed by atoms with van der Waals surface area (Å²) in [5.74, 6) is 1.12. The van der Waals surface area contributed by atoms with E-state index in [1.165, 1.54) is 0 Å². The molecule has 25 heavy (non-hydrogen) atoms. The molecule has 0 aliphatic carbocycles. The fourth-order valence-corrected chi connectivity index (χ4v) is 2.29. The number of carbonyl (C=O) groups excluding carboxylic acids is 2. The van der Waals surface area contributed by atoms with Gasteiger partial charge in [-0.25, -0.2) is 9.78 Å². The number of hydrogen-bond donors (Lipinski definition) is 2. The molecule has 1 aliphatic heterocycles. The maximum absolute atomic E-state index is 12.0. The highest BCUT2D eigenvalue weighted by Gasteiger charge is 2.28. The van der Waals surface area contributed by atoms with Crippen molar-refractivity contribution in [2.75, 3.05) is 13.7 Å². The number of aromatic nitrogens is 1. The van der Waals surface area contributed by atoms with E-state index < -0.39 is 12.1 Å². The van der Waals surface area contributed by atoms with Crippen LogP contribution in [0.1, 0.15) is 5.56 Å². The standard InChI is InChI=1S/C17H17N3O5/c1-23-13-6-2-3-7-14(13)25-16-11(5-4-8-18-16)9-19-15(21)12-10-24-17(22)20-12/h2-8,12H,9-10H2,1H3,(H,19,21)(H,20,22)/t12-/m1/s1. The summed E-state index contributed by atoms with van der Waals surface area (Å²) in [4.78, 5) is 27.3. The number of cyclic esters (lactones) is 1. The van der Waals surface area contributed by atoms with E-state index >= 15 is 0 Å². The minimum atomic E-state index is -0.692. The van der Waals surface area contributed by atoms with Crippen molar-refractivity contribution in [2.24, 2.45) is 0 Å². The minimum Gasteiger partial charge on any atom is -0.493 e. The molecule has 1 aliphatic rings. The molecular weight excluding hydrogens is 326 g/mol. The van der Waals surface area contributed by atoms with E-state index in [2.05, 4.69) is 15.6 Å². The summed E-state index contributed by atoms with van der Waals surface area (Å²) in [6, 6.07) is 10.1. The molecule has 2 N–H and O–H groups in total. The SMILES string of the molecule is COc1ccccc1Oc1ncccc1CNC(=O)[C@H]1COC(=O)N1. The summed E-state index contributed by atoms with van der Waals surface area (Å²) in [7, 11) is 1.56. The normalized spacial score (nSPS) is 15.9.